The molecule has 20 heavy (non-hydrogen) atoms. The molecule has 0 aliphatic carbocycles. The quantitative estimate of drug-likeness (QED) is 0.432. The Morgan fingerprint density at radius 3 is 2.10 bits per heavy atom. The Morgan fingerprint density at radius 2 is 1.60 bits per heavy atom. The van der Waals surface area contributed by atoms with Gasteiger partial charge in [-0.3, -0.25) is 0 Å². The zero-order chi connectivity index (χ0) is 14.6. The minimum atomic E-state index is -0.535. The van der Waals surface area contributed by atoms with Crippen LogP contribution in [0, 0.1) is 0 Å². The monoisotopic (exact) mass is 282 g/mol. The van der Waals surface area contributed by atoms with Crippen LogP contribution in [-0.4, -0.2) is 23.3 Å². The third-order valence-electron chi connectivity index (χ3n) is 3.91. The molecule has 3 heteroatoms. The second kappa shape index (κ2) is 10.9. The number of carbonyl (C=O) groups is 1. The van der Waals surface area contributed by atoms with Crippen molar-refractivity contribution < 1.29 is 14.6 Å². The summed E-state index contributed by atoms with van der Waals surface area (Å²) in [4.78, 5) is 10.9. The highest BCUT2D eigenvalue weighted by Crippen LogP contribution is 2.16. The molecular weight excluding hydrogens is 252 g/mol. The van der Waals surface area contributed by atoms with Gasteiger partial charge in [-0.2, -0.15) is 0 Å². The molecule has 0 fully saturated rings. The average Bonchev–Trinajstić information content (AvgIpc) is 2.87. The van der Waals surface area contributed by atoms with Crippen LogP contribution in [0.3, 0.4) is 0 Å². The lowest BCUT2D eigenvalue weighted by molar-refractivity contribution is -0.142. The number of aliphatic hydroxyl groups excluding tert-OH is 1. The molecule has 0 aromatic heterocycles. The summed E-state index contributed by atoms with van der Waals surface area (Å²) in [6.45, 7) is 2.25. The summed E-state index contributed by atoms with van der Waals surface area (Å²) in [6.07, 6.45) is 15.7. The van der Waals surface area contributed by atoms with Gasteiger partial charge in [-0.25, -0.2) is 4.79 Å². The molecule has 0 amide bonds. The van der Waals surface area contributed by atoms with Crippen molar-refractivity contribution in [2.24, 2.45) is 0 Å². The predicted octanol–water partition coefficient (Wildman–Crippen LogP) is 4.14. The summed E-state index contributed by atoms with van der Waals surface area (Å²) in [5.74, 6) is -0.336. The van der Waals surface area contributed by atoms with Gasteiger partial charge in [-0.05, 0) is 12.5 Å². The largest absolute Gasteiger partial charge is 0.452 e. The van der Waals surface area contributed by atoms with E-state index in [4.69, 9.17) is 4.74 Å². The summed E-state index contributed by atoms with van der Waals surface area (Å²) in [6, 6.07) is 0. The maximum Gasteiger partial charge on any atom is 0.331 e. The van der Waals surface area contributed by atoms with Gasteiger partial charge in [0.1, 0.15) is 6.10 Å². The Balaban J connectivity index is 1.85. The van der Waals surface area contributed by atoms with Gasteiger partial charge in [0.15, 0.2) is 0 Å². The Morgan fingerprint density at radius 1 is 1.05 bits per heavy atom. The highest BCUT2D eigenvalue weighted by molar-refractivity contribution is 5.84. The molecule has 0 spiro atoms. The van der Waals surface area contributed by atoms with Crippen molar-refractivity contribution in [3.8, 4) is 0 Å². The van der Waals surface area contributed by atoms with Crippen molar-refractivity contribution in [3.63, 3.8) is 0 Å². The van der Waals surface area contributed by atoms with Gasteiger partial charge in [0.05, 0.1) is 6.10 Å². The first kappa shape index (κ1) is 17.2. The third kappa shape index (κ3) is 7.68. The Hall–Kier alpha value is -0.830. The smallest absolute Gasteiger partial charge is 0.331 e. The van der Waals surface area contributed by atoms with Crippen LogP contribution in [0.5, 0.6) is 0 Å². The SMILES string of the molecule is CCCCCCCCCCCC[C@H](O)[C@H]1C=CC(=O)O1. The van der Waals surface area contributed by atoms with Crippen molar-refractivity contribution in [2.45, 2.75) is 89.8 Å². The minimum Gasteiger partial charge on any atom is -0.452 e. The molecule has 1 aliphatic rings. The third-order valence-corrected chi connectivity index (χ3v) is 3.91. The zero-order valence-corrected chi connectivity index (χ0v) is 12.9. The molecule has 0 radical (unpaired) electrons. The van der Waals surface area contributed by atoms with E-state index in [1.54, 1.807) is 6.08 Å². The second-order valence-electron chi connectivity index (χ2n) is 5.80. The highest BCUT2D eigenvalue weighted by atomic mass is 16.6. The van der Waals surface area contributed by atoms with Crippen molar-refractivity contribution in [2.75, 3.05) is 0 Å². The van der Waals surface area contributed by atoms with Gasteiger partial charge in [0.25, 0.3) is 0 Å². The molecule has 3 nitrogen and oxygen atoms in total. The van der Waals surface area contributed by atoms with Crippen LogP contribution in [0.4, 0.5) is 0 Å². The first-order valence-corrected chi connectivity index (χ1v) is 8.31. The Labute approximate surface area is 123 Å². The van der Waals surface area contributed by atoms with Gasteiger partial charge in [0, 0.05) is 6.08 Å². The average molecular weight is 282 g/mol. The molecule has 1 N–H and O–H groups in total. The van der Waals surface area contributed by atoms with Crippen LogP contribution in [0.25, 0.3) is 0 Å². The maximum atomic E-state index is 10.9. The molecule has 0 aromatic carbocycles. The number of unbranched alkanes of at least 4 members (excludes halogenated alkanes) is 9. The van der Waals surface area contributed by atoms with Gasteiger partial charge in [-0.15, -0.1) is 0 Å². The Bertz CT molecular complexity index is 286. The lowest BCUT2D eigenvalue weighted by Gasteiger charge is -2.15. The lowest BCUT2D eigenvalue weighted by atomic mass is 10.0. The van der Waals surface area contributed by atoms with Gasteiger partial charge >= 0.3 is 5.97 Å². The highest BCUT2D eigenvalue weighted by Gasteiger charge is 2.23. The van der Waals surface area contributed by atoms with Crippen molar-refractivity contribution in [1.29, 1.82) is 0 Å². The number of ether oxygens (including phenoxy) is 1. The van der Waals surface area contributed by atoms with Gasteiger partial charge in [-0.1, -0.05) is 71.1 Å². The van der Waals surface area contributed by atoms with Crippen LogP contribution >= 0.6 is 0 Å². The van der Waals surface area contributed by atoms with Crippen LogP contribution in [0.1, 0.15) is 77.6 Å². The minimum absolute atomic E-state index is 0.336. The molecule has 1 heterocycles. The molecule has 1 aliphatic heterocycles. The van der Waals surface area contributed by atoms with E-state index >= 15 is 0 Å². The molecule has 0 bridgehead atoms. The normalized spacial score (nSPS) is 19.3. The van der Waals surface area contributed by atoms with E-state index in [9.17, 15) is 9.90 Å². The fourth-order valence-electron chi connectivity index (χ4n) is 2.60. The Kier molecular flexibility index (Phi) is 9.38. The van der Waals surface area contributed by atoms with Crippen LogP contribution < -0.4 is 0 Å². The molecule has 2 atom stereocenters. The second-order valence-corrected chi connectivity index (χ2v) is 5.80. The molecule has 0 saturated carbocycles. The van der Waals surface area contributed by atoms with Gasteiger partial charge in [0.2, 0.25) is 0 Å². The summed E-state index contributed by atoms with van der Waals surface area (Å²) in [5.41, 5.74) is 0. The van der Waals surface area contributed by atoms with E-state index in [2.05, 4.69) is 6.92 Å². The number of carbonyl (C=O) groups excluding carboxylic acids is 1. The number of hydrogen-bond acceptors (Lipinski definition) is 3. The van der Waals surface area contributed by atoms with E-state index < -0.39 is 12.2 Å². The van der Waals surface area contributed by atoms with Crippen molar-refractivity contribution in [3.05, 3.63) is 12.2 Å². The summed E-state index contributed by atoms with van der Waals surface area (Å²) in [7, 11) is 0. The van der Waals surface area contributed by atoms with E-state index in [0.717, 1.165) is 19.3 Å². The molecule has 0 aromatic rings. The number of cyclic esters (lactones) is 1. The fourth-order valence-corrected chi connectivity index (χ4v) is 2.60. The number of rotatable bonds is 12. The topological polar surface area (TPSA) is 46.5 Å². The molecule has 1 rings (SSSR count). The molecule has 0 saturated heterocycles. The van der Waals surface area contributed by atoms with E-state index in [1.807, 2.05) is 0 Å². The summed E-state index contributed by atoms with van der Waals surface area (Å²) < 4.78 is 4.97. The maximum absolute atomic E-state index is 10.9. The van der Waals surface area contributed by atoms with Crippen molar-refractivity contribution in [1.82, 2.24) is 0 Å². The molecule has 0 unspecified atom stereocenters. The lowest BCUT2D eigenvalue weighted by Crippen LogP contribution is -2.25. The number of aliphatic hydroxyl groups is 1. The molecule has 116 valence electrons. The summed E-state index contributed by atoms with van der Waals surface area (Å²) >= 11 is 0. The number of esters is 1. The molecular formula is C17H30O3. The van der Waals surface area contributed by atoms with Crippen LogP contribution in [0.15, 0.2) is 12.2 Å². The predicted molar refractivity (Wildman–Crippen MR) is 81.5 cm³/mol. The van der Waals surface area contributed by atoms with Crippen LogP contribution in [-0.2, 0) is 9.53 Å². The standard InChI is InChI=1S/C17H30O3/c1-2-3-4-5-6-7-8-9-10-11-12-15(18)16-13-14-17(19)20-16/h13-16,18H,2-12H2,1H3/t15-,16+/m0/s1. The van der Waals surface area contributed by atoms with Gasteiger partial charge < -0.3 is 9.84 Å². The van der Waals surface area contributed by atoms with E-state index in [0.29, 0.717) is 0 Å². The number of hydrogen-bond donors (Lipinski definition) is 1. The summed E-state index contributed by atoms with van der Waals surface area (Å²) in [5, 5.41) is 9.86. The van der Waals surface area contributed by atoms with E-state index in [1.165, 1.54) is 57.4 Å². The van der Waals surface area contributed by atoms with Crippen molar-refractivity contribution >= 4 is 5.97 Å². The van der Waals surface area contributed by atoms with Crippen LogP contribution in [0.2, 0.25) is 0 Å². The van der Waals surface area contributed by atoms with E-state index in [-0.39, 0.29) is 5.97 Å². The first-order valence-electron chi connectivity index (χ1n) is 8.31. The fraction of sp³-hybridized carbons (Fsp3) is 0.824. The first-order chi connectivity index (χ1) is 9.74. The zero-order valence-electron chi connectivity index (χ0n) is 12.9.